The van der Waals surface area contributed by atoms with E-state index in [4.69, 9.17) is 13.3 Å². The van der Waals surface area contributed by atoms with E-state index in [1.54, 1.807) is 0 Å². The molecule has 26 rings (SSSR count). The van der Waals surface area contributed by atoms with Gasteiger partial charge in [-0.25, -0.2) is 0 Å². The number of benzene rings is 19. The molecule has 1 saturated carbocycles. The Kier molecular flexibility index (Phi) is 57.3. The van der Waals surface area contributed by atoms with Crippen LogP contribution in [0.5, 0.6) is 0 Å². The number of furan rings is 3. The Morgan fingerprint density at radius 2 is 0.260 bits per heavy atom. The first-order chi connectivity index (χ1) is 71.8. The van der Waals surface area contributed by atoms with E-state index in [-0.39, 0.29) is 0 Å². The van der Waals surface area contributed by atoms with E-state index in [0.717, 1.165) is 39.4 Å². The third-order valence-corrected chi connectivity index (χ3v) is 25.6. The van der Waals surface area contributed by atoms with Crippen LogP contribution in [-0.2, 0) is 0 Å². The largest absolute Gasteiger partial charge is 0.456 e. The molecule has 146 heavy (non-hydrogen) atoms. The van der Waals surface area contributed by atoms with Gasteiger partial charge in [0.2, 0.25) is 0 Å². The van der Waals surface area contributed by atoms with Crippen LogP contribution in [0.1, 0.15) is 161 Å². The average Bonchev–Trinajstić information content (AvgIpc) is 1.68. The molecule has 0 bridgehead atoms. The van der Waals surface area contributed by atoms with Gasteiger partial charge in [-0.3, -0.25) is 0 Å². The Hall–Kier alpha value is -14.8. The van der Waals surface area contributed by atoms with Gasteiger partial charge in [-0.2, -0.15) is 0 Å². The van der Waals surface area contributed by atoms with E-state index in [1.165, 1.54) is 164 Å². The highest BCUT2D eigenvalue weighted by molar-refractivity contribution is 7.26. The predicted octanol–water partition coefficient (Wildman–Crippen LogP) is 45.6. The van der Waals surface area contributed by atoms with E-state index in [9.17, 15) is 0 Å². The van der Waals surface area contributed by atoms with E-state index < -0.39 is 0 Å². The second-order valence-electron chi connectivity index (χ2n) is 32.9. The third-order valence-electron chi connectivity index (χ3n) is 22.2. The number of aryl methyl sites for hydroxylation is 7. The summed E-state index contributed by atoms with van der Waals surface area (Å²) in [5.41, 5.74) is 15.0. The van der Waals surface area contributed by atoms with Crippen molar-refractivity contribution in [3.63, 3.8) is 0 Å². The van der Waals surface area contributed by atoms with Gasteiger partial charge in [-0.1, -0.05) is 592 Å². The summed E-state index contributed by atoms with van der Waals surface area (Å²) in [6.07, 6.45) is 7.44. The molecule has 6 aromatic heterocycles. The zero-order valence-corrected chi connectivity index (χ0v) is 92.4. The molecule has 1 aliphatic carbocycles. The van der Waals surface area contributed by atoms with Crippen LogP contribution >= 0.6 is 34.0 Å². The minimum absolute atomic E-state index is 0.962. The highest BCUT2D eigenvalue weighted by Gasteiger charge is 2.10. The molecule has 0 spiro atoms. The summed E-state index contributed by atoms with van der Waals surface area (Å²) in [5.74, 6) is 1.04. The highest BCUT2D eigenvalue weighted by Crippen LogP contribution is 2.37. The van der Waals surface area contributed by atoms with Crippen LogP contribution in [-0.4, -0.2) is 0 Å². The van der Waals surface area contributed by atoms with Gasteiger partial charge in [0.25, 0.3) is 0 Å². The van der Waals surface area contributed by atoms with E-state index in [1.807, 2.05) is 354 Å². The molecule has 750 valence electrons. The molecule has 0 atom stereocenters. The van der Waals surface area contributed by atoms with Crippen LogP contribution in [0.2, 0.25) is 0 Å². The molecule has 19 aromatic carbocycles. The molecule has 0 saturated heterocycles. The monoisotopic (exact) mass is 1980 g/mol. The lowest BCUT2D eigenvalue weighted by Crippen LogP contribution is -1.99. The lowest BCUT2D eigenvalue weighted by atomic mass is 9.91. The Bertz CT molecular complexity index is 6130. The SMILES string of the molecule is CC.CC.CC.CC.CC.CC.CC1CCCCC1.Cc1ccccc1.Cc1ccccc1.Cc1ccccc1.Cc1ccccc1.Cc1ccccc1.Cc1ccccc1.Cc1ccccc1.c1ccc2c(c1)oc1ccccc12.c1ccc2c(c1)oc1ccccc12.c1ccc2c(c1)oc1ccccc12.c1ccc2c(c1)sc1ccccc12.c1ccc2c(c1)sc1ccccc12.c1ccc2c(c1)sc1ccccc12. The Balaban J connectivity index is 0.000000213. The van der Waals surface area contributed by atoms with Gasteiger partial charge in [-0.05, 0) is 127 Å². The topological polar surface area (TPSA) is 39.4 Å². The van der Waals surface area contributed by atoms with Crippen LogP contribution < -0.4 is 0 Å². The second-order valence-corrected chi connectivity index (χ2v) is 36.1. The number of hydrogen-bond donors (Lipinski definition) is 0. The number of para-hydroxylation sites is 6. The number of thiophene rings is 3. The molecular formula is C140H154O3S3. The van der Waals surface area contributed by atoms with Gasteiger partial charge in [0.1, 0.15) is 33.5 Å². The van der Waals surface area contributed by atoms with Crippen molar-refractivity contribution in [1.29, 1.82) is 0 Å². The van der Waals surface area contributed by atoms with Crippen LogP contribution in [0, 0.1) is 54.4 Å². The quantitative estimate of drug-likeness (QED) is 0.152. The number of rotatable bonds is 0. The summed E-state index contributed by atoms with van der Waals surface area (Å²) in [4.78, 5) is 0. The molecule has 0 unspecified atom stereocenters. The first-order valence-corrected chi connectivity index (χ1v) is 54.6. The number of hydrogen-bond acceptors (Lipinski definition) is 6. The lowest BCUT2D eigenvalue weighted by Gasteiger charge is -2.15. The molecule has 0 amide bonds. The Labute approximate surface area is 885 Å². The molecular weight excluding hydrogens is 1830 g/mol. The first-order valence-electron chi connectivity index (χ1n) is 52.1. The zero-order chi connectivity index (χ0) is 105. The molecule has 25 aromatic rings. The average molecular weight is 1980 g/mol. The summed E-state index contributed by atoms with van der Waals surface area (Å²) < 4.78 is 25.2. The van der Waals surface area contributed by atoms with E-state index in [0.29, 0.717) is 0 Å². The maximum atomic E-state index is 5.65. The highest BCUT2D eigenvalue weighted by atomic mass is 32.1. The molecule has 0 radical (unpaired) electrons. The lowest BCUT2D eigenvalue weighted by molar-refractivity contribution is 0.385. The van der Waals surface area contributed by atoms with Gasteiger partial charge in [0.05, 0.1) is 0 Å². The number of fused-ring (bicyclic) bond motifs is 18. The fourth-order valence-electron chi connectivity index (χ4n) is 15.1. The predicted molar refractivity (Wildman–Crippen MR) is 658 cm³/mol. The van der Waals surface area contributed by atoms with E-state index in [2.05, 4.69) is 322 Å². The van der Waals surface area contributed by atoms with Crippen LogP contribution in [0.3, 0.4) is 0 Å². The first kappa shape index (κ1) is 118. The summed E-state index contributed by atoms with van der Waals surface area (Å²) in [6, 6.07) is 172. The van der Waals surface area contributed by atoms with E-state index >= 15 is 0 Å². The van der Waals surface area contributed by atoms with Gasteiger partial charge in [0.15, 0.2) is 0 Å². The molecule has 1 aliphatic rings. The summed E-state index contributed by atoms with van der Waals surface area (Å²) in [5, 5.41) is 15.4. The molecule has 3 nitrogen and oxygen atoms in total. The van der Waals surface area contributed by atoms with Crippen molar-refractivity contribution in [3.05, 3.63) is 542 Å². The van der Waals surface area contributed by atoms with Gasteiger partial charge in [-0.15, -0.1) is 34.0 Å². The van der Waals surface area contributed by atoms with Crippen LogP contribution in [0.15, 0.2) is 517 Å². The second kappa shape index (κ2) is 70.8. The maximum Gasteiger partial charge on any atom is 0.135 e. The summed E-state index contributed by atoms with van der Waals surface area (Å²) in [7, 11) is 0. The minimum atomic E-state index is 0.962. The summed E-state index contributed by atoms with van der Waals surface area (Å²) >= 11 is 5.58. The molecule has 6 heterocycles. The molecule has 1 fully saturated rings. The van der Waals surface area contributed by atoms with Gasteiger partial charge >= 0.3 is 0 Å². The van der Waals surface area contributed by atoms with Crippen molar-refractivity contribution in [1.82, 2.24) is 0 Å². The molecule has 6 heteroatoms. The Morgan fingerprint density at radius 3 is 0.377 bits per heavy atom. The van der Waals surface area contributed by atoms with Crippen molar-refractivity contribution in [3.8, 4) is 0 Å². The normalized spacial score (nSPS) is 10.3. The zero-order valence-electron chi connectivity index (χ0n) is 90.0. The van der Waals surface area contributed by atoms with Gasteiger partial charge in [0, 0.05) is 92.8 Å². The smallest absolute Gasteiger partial charge is 0.135 e. The van der Waals surface area contributed by atoms with Crippen molar-refractivity contribution in [2.45, 2.75) is 171 Å². The van der Waals surface area contributed by atoms with Gasteiger partial charge < -0.3 is 13.3 Å². The van der Waals surface area contributed by atoms with Crippen LogP contribution in [0.25, 0.3) is 126 Å². The van der Waals surface area contributed by atoms with Crippen molar-refractivity contribution in [2.24, 2.45) is 5.92 Å². The van der Waals surface area contributed by atoms with Crippen molar-refractivity contribution >= 4 is 160 Å². The fraction of sp³-hybridized carbons (Fsp3) is 0.186. The Morgan fingerprint density at radius 1 is 0.144 bits per heavy atom. The minimum Gasteiger partial charge on any atom is -0.456 e. The maximum absolute atomic E-state index is 5.65. The molecule has 0 N–H and O–H groups in total. The standard InChI is InChI=1S/3C12H8O.3C12H8S.C7H14.7C7H8.6C2H6/c6*1-3-7-11-9(5-1)10-6-2-4-8-12(10)13-11;8*1-7-5-3-2-4-6-7;6*1-2/h6*1-8H;7H,2-6H2,1H3;7*2-6H,1H3;6*1-2H3. The third kappa shape index (κ3) is 40.4. The van der Waals surface area contributed by atoms with Crippen molar-refractivity contribution in [2.75, 3.05) is 0 Å². The van der Waals surface area contributed by atoms with Crippen molar-refractivity contribution < 1.29 is 13.3 Å². The summed E-state index contributed by atoms with van der Waals surface area (Å²) in [6.45, 7) is 40.9. The fourth-order valence-corrected chi connectivity index (χ4v) is 18.4. The van der Waals surface area contributed by atoms with Crippen LogP contribution in [0.4, 0.5) is 0 Å². The molecule has 0 aliphatic heterocycles.